The van der Waals surface area contributed by atoms with E-state index in [1.165, 1.54) is 6.20 Å². The van der Waals surface area contributed by atoms with Gasteiger partial charge in [-0.3, -0.25) is 0 Å². The van der Waals surface area contributed by atoms with Crippen molar-refractivity contribution < 1.29 is 9.53 Å². The van der Waals surface area contributed by atoms with Gasteiger partial charge >= 0.3 is 5.97 Å². The van der Waals surface area contributed by atoms with Gasteiger partial charge in [0.25, 0.3) is 0 Å². The Labute approximate surface area is 123 Å². The molecule has 1 aromatic heterocycles. The van der Waals surface area contributed by atoms with Crippen LogP contribution in [0.2, 0.25) is 5.15 Å². The van der Waals surface area contributed by atoms with Crippen molar-refractivity contribution in [1.29, 1.82) is 0 Å². The Balaban J connectivity index is 2.16. The van der Waals surface area contributed by atoms with Gasteiger partial charge < -0.3 is 15.8 Å². The van der Waals surface area contributed by atoms with Gasteiger partial charge in [-0.05, 0) is 38.7 Å². The van der Waals surface area contributed by atoms with E-state index in [2.05, 4.69) is 10.3 Å². The summed E-state index contributed by atoms with van der Waals surface area (Å²) in [5, 5.41) is 3.70. The van der Waals surface area contributed by atoms with Crippen LogP contribution in [0.5, 0.6) is 0 Å². The summed E-state index contributed by atoms with van der Waals surface area (Å²) in [6.45, 7) is 2.10. The molecule has 2 rings (SSSR count). The maximum Gasteiger partial charge on any atom is 0.341 e. The molecule has 2 unspecified atom stereocenters. The zero-order valence-corrected chi connectivity index (χ0v) is 12.3. The van der Waals surface area contributed by atoms with Crippen LogP contribution in [0.25, 0.3) is 0 Å². The monoisotopic (exact) mass is 297 g/mol. The zero-order chi connectivity index (χ0) is 14.5. The highest BCUT2D eigenvalue weighted by molar-refractivity contribution is 6.29. The molecule has 20 heavy (non-hydrogen) atoms. The lowest BCUT2D eigenvalue weighted by atomic mass is 9.91. The van der Waals surface area contributed by atoms with Crippen LogP contribution in [0, 0.1) is 0 Å². The Hall–Kier alpha value is -1.33. The number of nitrogens with zero attached hydrogens (tertiary/aromatic N) is 1. The van der Waals surface area contributed by atoms with Gasteiger partial charge in [0.1, 0.15) is 10.7 Å². The largest absolute Gasteiger partial charge is 0.462 e. The molecule has 5 nitrogen and oxygen atoms in total. The number of halogens is 1. The van der Waals surface area contributed by atoms with Crippen LogP contribution in [-0.4, -0.2) is 29.6 Å². The smallest absolute Gasteiger partial charge is 0.341 e. The Kier molecular flexibility index (Phi) is 5.20. The molecule has 0 saturated heterocycles. The van der Waals surface area contributed by atoms with E-state index in [1.807, 2.05) is 0 Å². The van der Waals surface area contributed by atoms with Crippen molar-refractivity contribution in [2.75, 3.05) is 11.9 Å². The highest BCUT2D eigenvalue weighted by Gasteiger charge is 2.22. The van der Waals surface area contributed by atoms with Crippen molar-refractivity contribution >= 4 is 23.3 Å². The number of nitrogens with two attached hydrogens (primary N) is 1. The molecule has 6 heteroatoms. The molecule has 3 N–H and O–H groups in total. The maximum absolute atomic E-state index is 11.9. The average molecular weight is 298 g/mol. The normalized spacial score (nSPS) is 22.4. The molecule has 1 fully saturated rings. The quantitative estimate of drug-likeness (QED) is 0.660. The average Bonchev–Trinajstić information content (AvgIpc) is 2.39. The molecule has 110 valence electrons. The topological polar surface area (TPSA) is 77.2 Å². The number of hydrogen-bond acceptors (Lipinski definition) is 5. The SMILES string of the molecule is CCOC(=O)c1cnc(Cl)cc1NC1CCCC(N)C1. The summed E-state index contributed by atoms with van der Waals surface area (Å²) in [4.78, 5) is 15.9. The Morgan fingerprint density at radius 3 is 3.10 bits per heavy atom. The molecule has 1 saturated carbocycles. The number of rotatable bonds is 4. The minimum Gasteiger partial charge on any atom is -0.462 e. The molecule has 2 atom stereocenters. The Bertz CT molecular complexity index is 481. The van der Waals surface area contributed by atoms with Gasteiger partial charge in [-0.15, -0.1) is 0 Å². The summed E-state index contributed by atoms with van der Waals surface area (Å²) < 4.78 is 5.03. The molecule has 1 aliphatic rings. The minimum atomic E-state index is -0.390. The lowest BCUT2D eigenvalue weighted by Crippen LogP contribution is -2.35. The molecule has 0 amide bonds. The van der Waals surface area contributed by atoms with Crippen molar-refractivity contribution in [3.05, 3.63) is 23.0 Å². The first-order valence-corrected chi connectivity index (χ1v) is 7.32. The fraction of sp³-hybridized carbons (Fsp3) is 0.571. The van der Waals surface area contributed by atoms with Gasteiger partial charge in [-0.1, -0.05) is 11.6 Å². The van der Waals surface area contributed by atoms with Gasteiger partial charge in [0.15, 0.2) is 0 Å². The lowest BCUT2D eigenvalue weighted by Gasteiger charge is -2.28. The van der Waals surface area contributed by atoms with Gasteiger partial charge in [0, 0.05) is 18.3 Å². The van der Waals surface area contributed by atoms with E-state index in [-0.39, 0.29) is 18.1 Å². The van der Waals surface area contributed by atoms with Crippen LogP contribution in [0.1, 0.15) is 43.0 Å². The number of carbonyl (C=O) groups excluding carboxylic acids is 1. The Morgan fingerprint density at radius 2 is 2.40 bits per heavy atom. The third-order valence-corrected chi connectivity index (χ3v) is 3.65. The second kappa shape index (κ2) is 6.90. The fourth-order valence-corrected chi connectivity index (χ4v) is 2.66. The van der Waals surface area contributed by atoms with Crippen molar-refractivity contribution in [3.63, 3.8) is 0 Å². The first-order chi connectivity index (χ1) is 9.60. The number of aromatic nitrogens is 1. The van der Waals surface area contributed by atoms with Gasteiger partial charge in [-0.2, -0.15) is 0 Å². The predicted molar refractivity (Wildman–Crippen MR) is 79.1 cm³/mol. The molecule has 0 aromatic carbocycles. The highest BCUT2D eigenvalue weighted by Crippen LogP contribution is 2.25. The predicted octanol–water partition coefficient (Wildman–Crippen LogP) is 2.59. The van der Waals surface area contributed by atoms with Crippen LogP contribution in [-0.2, 0) is 4.74 Å². The lowest BCUT2D eigenvalue weighted by molar-refractivity contribution is 0.0527. The fourth-order valence-electron chi connectivity index (χ4n) is 2.50. The van der Waals surface area contributed by atoms with Crippen LogP contribution >= 0.6 is 11.6 Å². The number of anilines is 1. The summed E-state index contributed by atoms with van der Waals surface area (Å²) in [6.07, 6.45) is 5.52. The van der Waals surface area contributed by atoms with E-state index < -0.39 is 0 Å². The summed E-state index contributed by atoms with van der Waals surface area (Å²) in [5.41, 5.74) is 7.07. The van der Waals surface area contributed by atoms with E-state index in [0.717, 1.165) is 25.7 Å². The molecule has 1 aliphatic carbocycles. The van der Waals surface area contributed by atoms with Crippen molar-refractivity contribution in [1.82, 2.24) is 4.98 Å². The summed E-state index contributed by atoms with van der Waals surface area (Å²) in [5.74, 6) is -0.390. The Morgan fingerprint density at radius 1 is 1.60 bits per heavy atom. The maximum atomic E-state index is 11.9. The van der Waals surface area contributed by atoms with Crippen LogP contribution in [0.15, 0.2) is 12.3 Å². The number of pyridine rings is 1. The van der Waals surface area contributed by atoms with Crippen LogP contribution in [0.4, 0.5) is 5.69 Å². The summed E-state index contributed by atoms with van der Waals surface area (Å²) in [7, 11) is 0. The van der Waals surface area contributed by atoms with Gasteiger partial charge in [0.05, 0.1) is 12.3 Å². The third-order valence-electron chi connectivity index (χ3n) is 3.44. The molecule has 1 aromatic rings. The number of nitrogens with one attached hydrogen (secondary N) is 1. The number of carbonyl (C=O) groups is 1. The van der Waals surface area contributed by atoms with Gasteiger partial charge in [0.2, 0.25) is 0 Å². The van der Waals surface area contributed by atoms with Crippen LogP contribution < -0.4 is 11.1 Å². The summed E-state index contributed by atoms with van der Waals surface area (Å²) in [6, 6.07) is 2.13. The molecule has 0 radical (unpaired) electrons. The molecule has 0 spiro atoms. The van der Waals surface area contributed by atoms with Crippen molar-refractivity contribution in [2.45, 2.75) is 44.7 Å². The van der Waals surface area contributed by atoms with E-state index in [0.29, 0.717) is 23.0 Å². The third kappa shape index (κ3) is 3.84. The standard InChI is InChI=1S/C14H20ClN3O2/c1-2-20-14(19)11-8-17-13(15)7-12(11)18-10-5-3-4-9(16)6-10/h7-10H,2-6,16H2,1H3,(H,17,18). The first-order valence-electron chi connectivity index (χ1n) is 6.95. The van der Waals surface area contributed by atoms with E-state index in [1.54, 1.807) is 13.0 Å². The van der Waals surface area contributed by atoms with E-state index in [9.17, 15) is 4.79 Å². The number of ether oxygens (including phenoxy) is 1. The van der Waals surface area contributed by atoms with Gasteiger partial charge in [-0.25, -0.2) is 9.78 Å². The first kappa shape index (κ1) is 15.1. The van der Waals surface area contributed by atoms with Crippen LogP contribution in [0.3, 0.4) is 0 Å². The van der Waals surface area contributed by atoms with Crippen molar-refractivity contribution in [3.8, 4) is 0 Å². The van der Waals surface area contributed by atoms with E-state index in [4.69, 9.17) is 22.1 Å². The minimum absolute atomic E-state index is 0.213. The second-order valence-electron chi connectivity index (χ2n) is 5.04. The number of esters is 1. The molecule has 1 heterocycles. The molecular weight excluding hydrogens is 278 g/mol. The highest BCUT2D eigenvalue weighted by atomic mass is 35.5. The zero-order valence-electron chi connectivity index (χ0n) is 11.6. The second-order valence-corrected chi connectivity index (χ2v) is 5.43. The van der Waals surface area contributed by atoms with E-state index >= 15 is 0 Å². The summed E-state index contributed by atoms with van der Waals surface area (Å²) >= 11 is 5.92. The number of hydrogen-bond donors (Lipinski definition) is 2. The van der Waals surface area contributed by atoms with Crippen molar-refractivity contribution in [2.24, 2.45) is 5.73 Å². The molecular formula is C14H20ClN3O2. The molecule has 0 bridgehead atoms. The molecule has 0 aliphatic heterocycles.